The average molecular weight is 494 g/mol. The van der Waals surface area contributed by atoms with Crippen LogP contribution in [-0.4, -0.2) is 34.2 Å². The Kier molecular flexibility index (Phi) is 6.39. The quantitative estimate of drug-likeness (QED) is 0.317. The van der Waals surface area contributed by atoms with E-state index in [1.807, 2.05) is 72.8 Å². The molecular formula is C31H31N3O3. The van der Waals surface area contributed by atoms with Gasteiger partial charge in [0, 0.05) is 17.2 Å². The molecule has 37 heavy (non-hydrogen) atoms. The van der Waals surface area contributed by atoms with Gasteiger partial charge in [-0.25, -0.2) is 0 Å². The fourth-order valence-corrected chi connectivity index (χ4v) is 5.75. The van der Waals surface area contributed by atoms with Gasteiger partial charge in [-0.1, -0.05) is 86.0 Å². The van der Waals surface area contributed by atoms with Crippen molar-refractivity contribution < 1.29 is 14.3 Å². The number of carbonyl (C=O) groups excluding carboxylic acids is 1. The van der Waals surface area contributed by atoms with Crippen molar-refractivity contribution in [2.45, 2.75) is 50.8 Å². The summed E-state index contributed by atoms with van der Waals surface area (Å²) in [6.07, 6.45) is 5.57. The summed E-state index contributed by atoms with van der Waals surface area (Å²) in [4.78, 5) is 15.9. The Bertz CT molecular complexity index is 1380. The van der Waals surface area contributed by atoms with Crippen molar-refractivity contribution in [3.63, 3.8) is 0 Å². The Balaban J connectivity index is 1.40. The maximum atomic E-state index is 13.8. The number of carbonyl (C=O) groups is 1. The molecule has 1 aromatic heterocycles. The first-order chi connectivity index (χ1) is 18.2. The maximum Gasteiger partial charge on any atom is 0.273 e. The molecule has 0 radical (unpaired) electrons. The molecule has 1 aliphatic heterocycles. The van der Waals surface area contributed by atoms with Gasteiger partial charge in [-0.2, -0.15) is 5.10 Å². The molecule has 6 heteroatoms. The summed E-state index contributed by atoms with van der Waals surface area (Å²) in [5.41, 5.74) is 5.46. The molecule has 6 rings (SSSR count). The molecule has 1 aliphatic carbocycles. The van der Waals surface area contributed by atoms with Gasteiger partial charge in [0.05, 0.1) is 18.8 Å². The predicted molar refractivity (Wildman–Crippen MR) is 143 cm³/mol. The normalized spacial score (nSPS) is 17.6. The predicted octanol–water partition coefficient (Wildman–Crippen LogP) is 6.54. The van der Waals surface area contributed by atoms with E-state index < -0.39 is 0 Å². The van der Waals surface area contributed by atoms with Crippen molar-refractivity contribution in [1.82, 2.24) is 15.1 Å². The fraction of sp³-hybridized carbons (Fsp3) is 0.290. The number of nitrogens with one attached hydrogen (secondary N) is 1. The highest BCUT2D eigenvalue weighted by Gasteiger charge is 2.45. The largest absolute Gasteiger partial charge is 0.493 e. The molecular weight excluding hydrogens is 462 g/mol. The van der Waals surface area contributed by atoms with Crippen molar-refractivity contribution in [2.24, 2.45) is 0 Å². The first-order valence-corrected chi connectivity index (χ1v) is 13.1. The third-order valence-corrected chi connectivity index (χ3v) is 7.56. The minimum atomic E-state index is -0.239. The Labute approximate surface area is 217 Å². The second-order valence-electron chi connectivity index (χ2n) is 9.82. The van der Waals surface area contributed by atoms with Crippen LogP contribution in [-0.2, 0) is 6.61 Å². The Morgan fingerprint density at radius 1 is 0.919 bits per heavy atom. The lowest BCUT2D eigenvalue weighted by Crippen LogP contribution is -2.40. The van der Waals surface area contributed by atoms with Crippen LogP contribution in [0.1, 0.15) is 65.3 Å². The minimum Gasteiger partial charge on any atom is -0.493 e. The average Bonchev–Trinajstić information content (AvgIpc) is 3.52. The van der Waals surface area contributed by atoms with Crippen LogP contribution in [0.15, 0.2) is 78.9 Å². The smallest absolute Gasteiger partial charge is 0.273 e. The second-order valence-corrected chi connectivity index (χ2v) is 9.82. The number of amides is 1. The lowest BCUT2D eigenvalue weighted by molar-refractivity contribution is 0.0606. The van der Waals surface area contributed by atoms with E-state index in [4.69, 9.17) is 9.47 Å². The second kappa shape index (κ2) is 10.1. The van der Waals surface area contributed by atoms with Gasteiger partial charge >= 0.3 is 0 Å². The highest BCUT2D eigenvalue weighted by molar-refractivity contribution is 6.00. The lowest BCUT2D eigenvalue weighted by Gasteiger charge is -2.36. The molecule has 188 valence electrons. The summed E-state index contributed by atoms with van der Waals surface area (Å²) in [5.74, 6) is 1.37. The minimum absolute atomic E-state index is 0.0324. The number of benzene rings is 3. The van der Waals surface area contributed by atoms with Gasteiger partial charge in [-0.15, -0.1) is 0 Å². The number of ether oxygens (including phenoxy) is 2. The van der Waals surface area contributed by atoms with E-state index in [2.05, 4.69) is 21.2 Å². The highest BCUT2D eigenvalue weighted by Crippen LogP contribution is 2.47. The molecule has 0 bridgehead atoms. The van der Waals surface area contributed by atoms with E-state index >= 15 is 0 Å². The molecule has 0 spiro atoms. The molecule has 1 atom stereocenters. The first kappa shape index (κ1) is 23.3. The van der Waals surface area contributed by atoms with E-state index in [-0.39, 0.29) is 18.0 Å². The first-order valence-electron chi connectivity index (χ1n) is 13.1. The summed E-state index contributed by atoms with van der Waals surface area (Å²) >= 11 is 0. The van der Waals surface area contributed by atoms with Crippen LogP contribution in [0.25, 0.3) is 11.3 Å². The van der Waals surface area contributed by atoms with Crippen molar-refractivity contribution in [3.8, 4) is 22.8 Å². The monoisotopic (exact) mass is 493 g/mol. The SMILES string of the molecule is COc1cc(C2c3c(-c4ccccc4)n[nH]c3C(=O)N2C2CCCCC2)ccc1OCc1ccccc1. The van der Waals surface area contributed by atoms with Gasteiger partial charge in [0.1, 0.15) is 12.3 Å². The molecule has 3 aromatic carbocycles. The summed E-state index contributed by atoms with van der Waals surface area (Å²) in [7, 11) is 1.66. The number of nitrogens with zero attached hydrogens (tertiary/aromatic N) is 2. The zero-order valence-corrected chi connectivity index (χ0v) is 21.0. The fourth-order valence-electron chi connectivity index (χ4n) is 5.75. The van der Waals surface area contributed by atoms with Crippen LogP contribution < -0.4 is 9.47 Å². The van der Waals surface area contributed by atoms with Crippen molar-refractivity contribution in [2.75, 3.05) is 7.11 Å². The number of methoxy groups -OCH3 is 1. The molecule has 4 aromatic rings. The number of H-pyrrole nitrogens is 1. The standard InChI is InChI=1S/C31H31N3O3/c1-36-26-19-23(17-18-25(26)37-20-21-11-5-2-6-12-21)30-27-28(22-13-7-3-8-14-22)32-33-29(27)31(35)34(30)24-15-9-4-10-16-24/h2-3,5-8,11-14,17-19,24,30H,4,9-10,15-16,20H2,1H3,(H,32,33). The number of aromatic nitrogens is 2. The lowest BCUT2D eigenvalue weighted by atomic mass is 9.91. The van der Waals surface area contributed by atoms with Crippen molar-refractivity contribution >= 4 is 5.91 Å². The van der Waals surface area contributed by atoms with Gasteiger partial charge in [-0.05, 0) is 36.1 Å². The number of hydrogen-bond acceptors (Lipinski definition) is 4. The van der Waals surface area contributed by atoms with E-state index in [0.29, 0.717) is 23.8 Å². The molecule has 6 nitrogen and oxygen atoms in total. The summed E-state index contributed by atoms with van der Waals surface area (Å²) in [6.45, 7) is 0.455. The number of fused-ring (bicyclic) bond motifs is 1. The zero-order valence-electron chi connectivity index (χ0n) is 21.0. The number of hydrogen-bond donors (Lipinski definition) is 1. The number of aromatic amines is 1. The summed E-state index contributed by atoms with van der Waals surface area (Å²) in [6, 6.07) is 26.2. The molecule has 2 aliphatic rings. The molecule has 1 unspecified atom stereocenters. The van der Waals surface area contributed by atoms with E-state index in [1.54, 1.807) is 7.11 Å². The maximum absolute atomic E-state index is 13.8. The Morgan fingerprint density at radius 3 is 2.38 bits per heavy atom. The molecule has 0 saturated heterocycles. The van der Waals surface area contributed by atoms with Gasteiger partial charge < -0.3 is 14.4 Å². The van der Waals surface area contributed by atoms with Gasteiger partial charge in [0.2, 0.25) is 0 Å². The Morgan fingerprint density at radius 2 is 1.65 bits per heavy atom. The van der Waals surface area contributed by atoms with Crippen LogP contribution in [0.5, 0.6) is 11.5 Å². The van der Waals surface area contributed by atoms with Crippen molar-refractivity contribution in [3.05, 3.63) is 101 Å². The van der Waals surface area contributed by atoms with E-state index in [1.165, 1.54) is 6.42 Å². The molecule has 2 heterocycles. The molecule has 1 saturated carbocycles. The van der Waals surface area contributed by atoms with E-state index in [0.717, 1.165) is 53.6 Å². The van der Waals surface area contributed by atoms with Crippen LogP contribution in [0.3, 0.4) is 0 Å². The van der Waals surface area contributed by atoms with Crippen LogP contribution in [0, 0.1) is 0 Å². The topological polar surface area (TPSA) is 67.5 Å². The van der Waals surface area contributed by atoms with E-state index in [9.17, 15) is 4.79 Å². The summed E-state index contributed by atoms with van der Waals surface area (Å²) in [5, 5.41) is 7.69. The van der Waals surface area contributed by atoms with Gasteiger partial charge in [0.15, 0.2) is 11.5 Å². The zero-order chi connectivity index (χ0) is 25.2. The van der Waals surface area contributed by atoms with Crippen LogP contribution >= 0.6 is 0 Å². The van der Waals surface area contributed by atoms with Crippen LogP contribution in [0.4, 0.5) is 0 Å². The van der Waals surface area contributed by atoms with Crippen molar-refractivity contribution in [1.29, 1.82) is 0 Å². The van der Waals surface area contributed by atoms with Gasteiger partial charge in [0.25, 0.3) is 5.91 Å². The molecule has 1 N–H and O–H groups in total. The number of rotatable bonds is 7. The molecule has 1 fully saturated rings. The highest BCUT2D eigenvalue weighted by atomic mass is 16.5. The van der Waals surface area contributed by atoms with Crippen LogP contribution in [0.2, 0.25) is 0 Å². The van der Waals surface area contributed by atoms with Gasteiger partial charge in [-0.3, -0.25) is 9.89 Å². The Hall–Kier alpha value is -4.06. The molecule has 1 amide bonds. The third kappa shape index (κ3) is 4.37. The summed E-state index contributed by atoms with van der Waals surface area (Å²) < 4.78 is 11.9. The third-order valence-electron chi connectivity index (χ3n) is 7.56.